The van der Waals surface area contributed by atoms with Gasteiger partial charge >= 0.3 is 0 Å². The number of benzene rings is 6. The van der Waals surface area contributed by atoms with Crippen molar-refractivity contribution in [1.29, 1.82) is 0 Å². The number of pyridine rings is 1. The summed E-state index contributed by atoms with van der Waals surface area (Å²) >= 11 is 0. The summed E-state index contributed by atoms with van der Waals surface area (Å²) in [5.74, 6) is 0. The van der Waals surface area contributed by atoms with Crippen LogP contribution in [-0.4, -0.2) is 4.98 Å². The van der Waals surface area contributed by atoms with Gasteiger partial charge in [0, 0.05) is 22.4 Å². The Morgan fingerprint density at radius 1 is 0.550 bits per heavy atom. The molecule has 0 bridgehead atoms. The highest BCUT2D eigenvalue weighted by Crippen LogP contribution is 2.49. The van der Waals surface area contributed by atoms with Crippen molar-refractivity contribution in [3.05, 3.63) is 138 Å². The maximum Gasteiger partial charge on any atom is 0.0708 e. The van der Waals surface area contributed by atoms with Gasteiger partial charge in [-0.15, -0.1) is 0 Å². The van der Waals surface area contributed by atoms with Gasteiger partial charge in [-0.25, -0.2) is 0 Å². The van der Waals surface area contributed by atoms with Gasteiger partial charge in [-0.05, 0) is 85.0 Å². The fourth-order valence-electron chi connectivity index (χ4n) is 7.26. The summed E-state index contributed by atoms with van der Waals surface area (Å²) in [6, 6.07) is 37.7. The van der Waals surface area contributed by atoms with Crippen molar-refractivity contribution in [2.45, 2.75) is 12.8 Å². The Balaban J connectivity index is 1.50. The van der Waals surface area contributed by atoms with E-state index in [4.69, 9.17) is 4.98 Å². The molecule has 0 unspecified atom stereocenters. The molecular weight excluding hydrogens is 482 g/mol. The minimum atomic E-state index is 0.948. The molecule has 40 heavy (non-hydrogen) atoms. The van der Waals surface area contributed by atoms with Crippen molar-refractivity contribution >= 4 is 54.9 Å². The molecular formula is C39H25N. The lowest BCUT2D eigenvalue weighted by Crippen LogP contribution is -2.05. The quantitative estimate of drug-likeness (QED) is 0.167. The number of aromatic nitrogens is 1. The molecule has 0 saturated carbocycles. The van der Waals surface area contributed by atoms with E-state index in [-0.39, 0.29) is 0 Å². The van der Waals surface area contributed by atoms with E-state index >= 15 is 0 Å². The number of hydrogen-bond acceptors (Lipinski definition) is 1. The summed E-state index contributed by atoms with van der Waals surface area (Å²) in [6.45, 7) is 0. The lowest BCUT2D eigenvalue weighted by Gasteiger charge is -2.26. The van der Waals surface area contributed by atoms with Crippen molar-refractivity contribution < 1.29 is 0 Å². The average molecular weight is 508 g/mol. The van der Waals surface area contributed by atoms with E-state index in [1.165, 1.54) is 82.2 Å². The van der Waals surface area contributed by atoms with Crippen molar-refractivity contribution in [2.75, 3.05) is 0 Å². The van der Waals surface area contributed by atoms with Crippen LogP contribution in [0.1, 0.15) is 23.1 Å². The minimum absolute atomic E-state index is 0.948. The van der Waals surface area contributed by atoms with E-state index in [0.29, 0.717) is 0 Å². The molecule has 1 nitrogen and oxygen atoms in total. The maximum atomic E-state index is 5.01. The lowest BCUT2D eigenvalue weighted by molar-refractivity contribution is 1.23. The zero-order chi connectivity index (χ0) is 26.2. The van der Waals surface area contributed by atoms with E-state index in [2.05, 4.69) is 128 Å². The summed E-state index contributed by atoms with van der Waals surface area (Å²) in [5.41, 5.74) is 11.8. The Morgan fingerprint density at radius 2 is 1.30 bits per heavy atom. The summed E-state index contributed by atoms with van der Waals surface area (Å²) in [5, 5.41) is 9.01. The third-order valence-electron chi connectivity index (χ3n) is 8.93. The van der Waals surface area contributed by atoms with Crippen molar-refractivity contribution in [3.8, 4) is 22.3 Å². The molecule has 0 atom stereocenters. The molecule has 0 N–H and O–H groups in total. The first-order chi connectivity index (χ1) is 19.9. The van der Waals surface area contributed by atoms with Gasteiger partial charge in [0.2, 0.25) is 0 Å². The lowest BCUT2D eigenvalue weighted by atomic mass is 9.77. The number of fused-ring (bicyclic) bond motifs is 4. The zero-order valence-electron chi connectivity index (χ0n) is 22.0. The van der Waals surface area contributed by atoms with E-state index in [1.54, 1.807) is 0 Å². The molecule has 1 heteroatoms. The maximum absolute atomic E-state index is 5.01. The first-order valence-electron chi connectivity index (χ1n) is 14.1. The second kappa shape index (κ2) is 8.24. The van der Waals surface area contributed by atoms with Gasteiger partial charge in [-0.1, -0.05) is 115 Å². The van der Waals surface area contributed by atoms with Crippen molar-refractivity contribution in [2.24, 2.45) is 0 Å². The first kappa shape index (κ1) is 21.9. The second-order valence-corrected chi connectivity index (χ2v) is 11.0. The van der Waals surface area contributed by atoms with Crippen LogP contribution in [0.2, 0.25) is 0 Å². The van der Waals surface area contributed by atoms with Crippen LogP contribution >= 0.6 is 0 Å². The minimum Gasteiger partial charge on any atom is -0.256 e. The molecule has 7 aromatic rings. The predicted molar refractivity (Wildman–Crippen MR) is 170 cm³/mol. The molecule has 186 valence electrons. The Morgan fingerprint density at radius 3 is 2.17 bits per heavy atom. The van der Waals surface area contributed by atoms with Crippen LogP contribution in [0, 0.1) is 0 Å². The van der Waals surface area contributed by atoms with Gasteiger partial charge < -0.3 is 0 Å². The third-order valence-corrected chi connectivity index (χ3v) is 8.93. The monoisotopic (exact) mass is 507 g/mol. The molecule has 0 saturated heterocycles. The van der Waals surface area contributed by atoms with Gasteiger partial charge in [-0.3, -0.25) is 4.98 Å². The predicted octanol–water partition coefficient (Wildman–Crippen LogP) is 10.4. The fourth-order valence-corrected chi connectivity index (χ4v) is 7.26. The van der Waals surface area contributed by atoms with Crippen LogP contribution in [0.5, 0.6) is 0 Å². The summed E-state index contributed by atoms with van der Waals surface area (Å²) in [7, 11) is 0. The Hall–Kier alpha value is -5.01. The molecule has 6 aromatic carbocycles. The highest BCUT2D eigenvalue weighted by atomic mass is 14.7. The van der Waals surface area contributed by atoms with Crippen molar-refractivity contribution in [1.82, 2.24) is 4.98 Å². The molecule has 2 aliphatic rings. The zero-order valence-corrected chi connectivity index (χ0v) is 22.0. The molecule has 1 aromatic heterocycles. The van der Waals surface area contributed by atoms with Crippen LogP contribution in [0.3, 0.4) is 0 Å². The van der Waals surface area contributed by atoms with Crippen LogP contribution in [0.4, 0.5) is 0 Å². The standard InChI is InChI=1S/C39H25N/c1-2-9-24(10-3-1)37-28-13-4-5-14-29(28)38(33-23-40-34-16-7-6-15-32(34)39(33)37)31-22-20-27-18-17-25-11-8-12-26-19-21-30(31)36(27)35(25)26/h1-11,13-20,22-23H,12,21H2. The molecule has 1 heterocycles. The number of nitrogens with zero attached hydrogens (tertiary/aromatic N) is 1. The van der Waals surface area contributed by atoms with Crippen LogP contribution in [0.15, 0.2) is 121 Å². The molecule has 0 amide bonds. The second-order valence-electron chi connectivity index (χ2n) is 11.0. The van der Waals surface area contributed by atoms with Gasteiger partial charge in [0.05, 0.1) is 5.52 Å². The molecule has 0 fully saturated rings. The number of hydrogen-bond donors (Lipinski definition) is 0. The summed E-state index contributed by atoms with van der Waals surface area (Å²) in [4.78, 5) is 5.01. The smallest absolute Gasteiger partial charge is 0.0708 e. The van der Waals surface area contributed by atoms with Gasteiger partial charge in [0.1, 0.15) is 0 Å². The van der Waals surface area contributed by atoms with Gasteiger partial charge in [0.25, 0.3) is 0 Å². The van der Waals surface area contributed by atoms with Crippen LogP contribution < -0.4 is 0 Å². The first-order valence-corrected chi connectivity index (χ1v) is 14.1. The van der Waals surface area contributed by atoms with Gasteiger partial charge in [-0.2, -0.15) is 0 Å². The van der Waals surface area contributed by atoms with Gasteiger partial charge in [0.15, 0.2) is 0 Å². The highest BCUT2D eigenvalue weighted by molar-refractivity contribution is 6.27. The normalized spacial score (nSPS) is 13.8. The van der Waals surface area contributed by atoms with Crippen LogP contribution in [0.25, 0.3) is 77.1 Å². The largest absolute Gasteiger partial charge is 0.256 e. The van der Waals surface area contributed by atoms with E-state index in [0.717, 1.165) is 18.4 Å². The van der Waals surface area contributed by atoms with E-state index in [1.807, 2.05) is 0 Å². The SMILES string of the molecule is C1=Cc2ccc3ccc(-c4c5ccccc5c(-c5ccccc5)c5c4cnc4ccccc45)c4c3c2C(=CC4)C1. The van der Waals surface area contributed by atoms with E-state index < -0.39 is 0 Å². The summed E-state index contributed by atoms with van der Waals surface area (Å²) < 4.78 is 0. The van der Waals surface area contributed by atoms with E-state index in [9.17, 15) is 0 Å². The molecule has 0 spiro atoms. The third kappa shape index (κ3) is 2.95. The number of allylic oxidation sites excluding steroid dienone is 3. The fraction of sp³-hybridized carbons (Fsp3) is 0.0513. The number of rotatable bonds is 2. The average Bonchev–Trinajstić information content (AvgIpc) is 3.03. The Kier molecular flexibility index (Phi) is 4.51. The number of para-hydroxylation sites is 1. The topological polar surface area (TPSA) is 12.9 Å². The molecule has 9 rings (SSSR count). The molecule has 2 aliphatic carbocycles. The Labute approximate surface area is 232 Å². The van der Waals surface area contributed by atoms with Crippen molar-refractivity contribution in [3.63, 3.8) is 0 Å². The summed E-state index contributed by atoms with van der Waals surface area (Å²) in [6.07, 6.45) is 11.1. The van der Waals surface area contributed by atoms with Crippen LogP contribution in [-0.2, 0) is 6.42 Å². The Bertz CT molecular complexity index is 2250. The molecule has 0 aliphatic heterocycles. The molecule has 0 radical (unpaired) electrons. The highest BCUT2D eigenvalue weighted by Gasteiger charge is 2.25.